The van der Waals surface area contributed by atoms with Crippen molar-refractivity contribution < 1.29 is 9.90 Å². The van der Waals surface area contributed by atoms with Crippen molar-refractivity contribution >= 4 is 17.5 Å². The van der Waals surface area contributed by atoms with E-state index in [1.165, 1.54) is 11.3 Å². The first kappa shape index (κ1) is 19.5. The third kappa shape index (κ3) is 4.45. The van der Waals surface area contributed by atoms with E-state index in [-0.39, 0.29) is 6.04 Å². The molecule has 0 bridgehead atoms. The number of aromatic nitrogens is 1. The fraction of sp³-hybridized carbons (Fsp3) is 0.455. The number of hydrogen-bond acceptors (Lipinski definition) is 5. The van der Waals surface area contributed by atoms with Crippen LogP contribution in [0.3, 0.4) is 0 Å². The molecule has 1 saturated heterocycles. The molecule has 29 heavy (non-hydrogen) atoms. The van der Waals surface area contributed by atoms with Gasteiger partial charge in [0, 0.05) is 52.5 Å². The van der Waals surface area contributed by atoms with Crippen LogP contribution in [-0.2, 0) is 13.0 Å². The van der Waals surface area contributed by atoms with Crippen LogP contribution >= 0.6 is 0 Å². The average Bonchev–Trinajstić information content (AvgIpc) is 2.74. The molecule has 0 saturated carbocycles. The Labute approximate surface area is 171 Å². The molecule has 7 heteroatoms. The van der Waals surface area contributed by atoms with E-state index < -0.39 is 6.09 Å². The molecular weight excluding hydrogens is 366 g/mol. The first-order valence-electron chi connectivity index (χ1n) is 10.3. The van der Waals surface area contributed by atoms with Crippen LogP contribution in [0.25, 0.3) is 0 Å². The molecule has 0 spiro atoms. The standard InChI is InChI=1S/C22H29N5O2/c1-25(20-9-4-6-17-7-5-11-24-21(17)20)15-19-16-26(12-13-27(19)22(28)29)14-18-8-2-3-10-23-18/h2-4,6,8-10,19,24H,5,7,11-16H2,1H3,(H,28,29). The summed E-state index contributed by atoms with van der Waals surface area (Å²) in [4.78, 5) is 22.4. The maximum Gasteiger partial charge on any atom is 0.407 e. The third-order valence-electron chi connectivity index (χ3n) is 5.87. The second-order valence-electron chi connectivity index (χ2n) is 7.91. The number of benzene rings is 1. The maximum absolute atomic E-state index is 11.8. The van der Waals surface area contributed by atoms with E-state index in [4.69, 9.17) is 0 Å². The molecule has 2 aliphatic heterocycles. The van der Waals surface area contributed by atoms with Crippen LogP contribution in [0.5, 0.6) is 0 Å². The highest BCUT2D eigenvalue weighted by Crippen LogP contribution is 2.32. The number of pyridine rings is 1. The zero-order valence-corrected chi connectivity index (χ0v) is 16.9. The summed E-state index contributed by atoms with van der Waals surface area (Å²) in [6.45, 7) is 4.34. The lowest BCUT2D eigenvalue weighted by Crippen LogP contribution is -2.58. The molecule has 154 valence electrons. The minimum atomic E-state index is -0.839. The van der Waals surface area contributed by atoms with Gasteiger partial charge in [-0.2, -0.15) is 0 Å². The number of amides is 1. The third-order valence-corrected chi connectivity index (χ3v) is 5.87. The SMILES string of the molecule is CN(CC1CN(Cc2ccccn2)CCN1C(=O)O)c1cccc2c1NCCC2. The molecule has 1 aromatic carbocycles. The molecule has 1 aromatic heterocycles. The molecule has 0 aliphatic carbocycles. The van der Waals surface area contributed by atoms with Crippen LogP contribution in [0.15, 0.2) is 42.6 Å². The van der Waals surface area contributed by atoms with Crippen molar-refractivity contribution in [1.29, 1.82) is 0 Å². The predicted octanol–water partition coefficient (Wildman–Crippen LogP) is 2.74. The van der Waals surface area contributed by atoms with Gasteiger partial charge in [-0.25, -0.2) is 4.79 Å². The van der Waals surface area contributed by atoms with E-state index in [1.54, 1.807) is 11.1 Å². The Morgan fingerprint density at radius 2 is 2.17 bits per heavy atom. The summed E-state index contributed by atoms with van der Waals surface area (Å²) < 4.78 is 0. The minimum absolute atomic E-state index is 0.0885. The second kappa shape index (κ2) is 8.69. The zero-order chi connectivity index (χ0) is 20.2. The van der Waals surface area contributed by atoms with Crippen LogP contribution in [0.1, 0.15) is 17.7 Å². The normalized spacial score (nSPS) is 19.3. The van der Waals surface area contributed by atoms with E-state index in [2.05, 4.69) is 45.3 Å². The Balaban J connectivity index is 1.49. The number of anilines is 2. The van der Waals surface area contributed by atoms with Gasteiger partial charge in [0.15, 0.2) is 0 Å². The predicted molar refractivity (Wildman–Crippen MR) is 115 cm³/mol. The fourth-order valence-electron chi connectivity index (χ4n) is 4.42. The average molecular weight is 396 g/mol. The molecule has 1 unspecified atom stereocenters. The highest BCUT2D eigenvalue weighted by molar-refractivity contribution is 5.74. The molecule has 2 aliphatic rings. The number of nitrogens with one attached hydrogen (secondary N) is 1. The number of rotatable bonds is 5. The lowest BCUT2D eigenvalue weighted by Gasteiger charge is -2.42. The number of para-hydroxylation sites is 1. The van der Waals surface area contributed by atoms with Crippen molar-refractivity contribution in [3.05, 3.63) is 53.9 Å². The first-order chi connectivity index (χ1) is 14.1. The van der Waals surface area contributed by atoms with Crippen molar-refractivity contribution in [2.75, 3.05) is 50.0 Å². The Hall–Kier alpha value is -2.80. The molecule has 4 rings (SSSR count). The van der Waals surface area contributed by atoms with Gasteiger partial charge in [-0.3, -0.25) is 9.88 Å². The molecule has 7 nitrogen and oxygen atoms in total. The number of carbonyl (C=O) groups is 1. The minimum Gasteiger partial charge on any atom is -0.465 e. The smallest absolute Gasteiger partial charge is 0.407 e. The number of carboxylic acid groups (broad SMARTS) is 1. The second-order valence-corrected chi connectivity index (χ2v) is 7.91. The van der Waals surface area contributed by atoms with Crippen LogP contribution in [0.2, 0.25) is 0 Å². The molecule has 2 aromatic rings. The van der Waals surface area contributed by atoms with Gasteiger partial charge in [-0.05, 0) is 36.6 Å². The van der Waals surface area contributed by atoms with Gasteiger partial charge in [-0.15, -0.1) is 0 Å². The van der Waals surface area contributed by atoms with Gasteiger partial charge in [0.05, 0.1) is 23.1 Å². The molecule has 0 radical (unpaired) electrons. The Morgan fingerprint density at radius 3 is 2.97 bits per heavy atom. The van der Waals surface area contributed by atoms with Crippen LogP contribution in [0.4, 0.5) is 16.2 Å². The Morgan fingerprint density at radius 1 is 1.28 bits per heavy atom. The largest absolute Gasteiger partial charge is 0.465 e. The van der Waals surface area contributed by atoms with Gasteiger partial charge in [0.25, 0.3) is 0 Å². The van der Waals surface area contributed by atoms with Crippen LogP contribution in [0, 0.1) is 0 Å². The van der Waals surface area contributed by atoms with Gasteiger partial charge in [0.1, 0.15) is 0 Å². The molecule has 3 heterocycles. The number of likely N-dealkylation sites (N-methyl/N-ethyl adjacent to an activating group) is 1. The van der Waals surface area contributed by atoms with Gasteiger partial charge in [0.2, 0.25) is 0 Å². The number of aryl methyl sites for hydroxylation is 1. The van der Waals surface area contributed by atoms with E-state index in [9.17, 15) is 9.90 Å². The summed E-state index contributed by atoms with van der Waals surface area (Å²) in [5.41, 5.74) is 4.71. The molecule has 1 atom stereocenters. The molecule has 2 N–H and O–H groups in total. The summed E-state index contributed by atoms with van der Waals surface area (Å²) in [7, 11) is 2.06. The quantitative estimate of drug-likeness (QED) is 0.811. The first-order valence-corrected chi connectivity index (χ1v) is 10.3. The van der Waals surface area contributed by atoms with E-state index in [0.717, 1.165) is 43.9 Å². The summed E-state index contributed by atoms with van der Waals surface area (Å²) in [6, 6.07) is 12.2. The number of fused-ring (bicyclic) bond motifs is 1. The van der Waals surface area contributed by atoms with Gasteiger partial charge in [-0.1, -0.05) is 18.2 Å². The van der Waals surface area contributed by atoms with Crippen molar-refractivity contribution in [2.24, 2.45) is 0 Å². The van der Waals surface area contributed by atoms with Crippen molar-refractivity contribution in [1.82, 2.24) is 14.8 Å². The lowest BCUT2D eigenvalue weighted by atomic mass is 10.0. The van der Waals surface area contributed by atoms with Gasteiger partial charge >= 0.3 is 6.09 Å². The van der Waals surface area contributed by atoms with Gasteiger partial charge < -0.3 is 20.2 Å². The van der Waals surface area contributed by atoms with Crippen LogP contribution in [-0.4, -0.2) is 71.8 Å². The zero-order valence-electron chi connectivity index (χ0n) is 16.9. The highest BCUT2D eigenvalue weighted by Gasteiger charge is 2.32. The fourth-order valence-corrected chi connectivity index (χ4v) is 4.42. The van der Waals surface area contributed by atoms with Crippen LogP contribution < -0.4 is 10.2 Å². The van der Waals surface area contributed by atoms with E-state index >= 15 is 0 Å². The molecule has 1 amide bonds. The number of hydrogen-bond donors (Lipinski definition) is 2. The summed E-state index contributed by atoms with van der Waals surface area (Å²) in [5.74, 6) is 0. The summed E-state index contributed by atoms with van der Waals surface area (Å²) in [5, 5.41) is 13.3. The highest BCUT2D eigenvalue weighted by atomic mass is 16.4. The monoisotopic (exact) mass is 395 g/mol. The number of piperazine rings is 1. The van der Waals surface area contributed by atoms with Crippen molar-refractivity contribution in [2.45, 2.75) is 25.4 Å². The summed E-state index contributed by atoms with van der Waals surface area (Å²) >= 11 is 0. The molecule has 1 fully saturated rings. The topological polar surface area (TPSA) is 71.9 Å². The maximum atomic E-state index is 11.8. The number of nitrogens with zero attached hydrogens (tertiary/aromatic N) is 4. The Kier molecular flexibility index (Phi) is 5.85. The molecular formula is C22H29N5O2. The Bertz CT molecular complexity index is 844. The van der Waals surface area contributed by atoms with Crippen molar-refractivity contribution in [3.8, 4) is 0 Å². The summed E-state index contributed by atoms with van der Waals surface area (Å²) in [6.07, 6.45) is 3.21. The van der Waals surface area contributed by atoms with E-state index in [0.29, 0.717) is 19.6 Å². The van der Waals surface area contributed by atoms with E-state index in [1.807, 2.05) is 18.2 Å². The van der Waals surface area contributed by atoms with Crippen molar-refractivity contribution in [3.63, 3.8) is 0 Å². The lowest BCUT2D eigenvalue weighted by molar-refractivity contribution is 0.0666.